The van der Waals surface area contributed by atoms with Crippen LogP contribution < -0.4 is 20.7 Å². The van der Waals surface area contributed by atoms with E-state index in [0.29, 0.717) is 52.8 Å². The van der Waals surface area contributed by atoms with Crippen LogP contribution in [0.5, 0.6) is 17.2 Å². The number of aromatic nitrogens is 1. The average molecular weight is 501 g/mol. The molecule has 6 rings (SSSR count). The van der Waals surface area contributed by atoms with Gasteiger partial charge in [-0.1, -0.05) is 12.1 Å². The van der Waals surface area contributed by atoms with Crippen LogP contribution in [0.15, 0.2) is 68.6 Å². The van der Waals surface area contributed by atoms with Crippen molar-refractivity contribution in [3.8, 4) is 28.4 Å². The summed E-state index contributed by atoms with van der Waals surface area (Å²) in [6.45, 7) is 2.73. The highest BCUT2D eigenvalue weighted by Crippen LogP contribution is 2.38. The van der Waals surface area contributed by atoms with Crippen LogP contribution in [0.2, 0.25) is 0 Å². The molecule has 0 amide bonds. The zero-order chi connectivity index (χ0) is 25.7. The molecule has 2 aromatic carbocycles. The molecule has 8 heteroatoms. The number of pyridine rings is 1. The highest BCUT2D eigenvalue weighted by molar-refractivity contribution is 5.86. The third-order valence-corrected chi connectivity index (χ3v) is 7.61. The molecule has 2 atom stereocenters. The van der Waals surface area contributed by atoms with Crippen LogP contribution in [0.25, 0.3) is 22.1 Å². The summed E-state index contributed by atoms with van der Waals surface area (Å²) in [5, 5.41) is 11.5. The Morgan fingerprint density at radius 3 is 2.62 bits per heavy atom. The second kappa shape index (κ2) is 9.12. The Labute approximate surface area is 213 Å². The summed E-state index contributed by atoms with van der Waals surface area (Å²) in [7, 11) is 3.11. The molecule has 0 aliphatic carbocycles. The van der Waals surface area contributed by atoms with Gasteiger partial charge in [0.2, 0.25) is 0 Å². The summed E-state index contributed by atoms with van der Waals surface area (Å²) in [6, 6.07) is 16.0. The standard InChI is InChI=1S/C29H28N2O6/c1-35-25-9-7-18(12-26(25)36-2)21-11-19-6-8-24(32)22(28(19)37-29(21)34)16-30-13-17-10-20(15-30)23-4-3-5-27(33)31(23)14-17/h3-9,11-12,17,20,32H,10,13-16H2,1-2H3. The molecular formula is C29H28N2O6. The number of methoxy groups -OCH3 is 2. The maximum atomic E-state index is 13.1. The Bertz CT molecular complexity index is 1620. The molecule has 4 heterocycles. The van der Waals surface area contributed by atoms with Crippen molar-refractivity contribution in [3.05, 3.63) is 86.6 Å². The van der Waals surface area contributed by atoms with Gasteiger partial charge in [-0.25, -0.2) is 4.79 Å². The van der Waals surface area contributed by atoms with Crippen LogP contribution in [-0.2, 0) is 13.1 Å². The molecule has 8 nitrogen and oxygen atoms in total. The fourth-order valence-corrected chi connectivity index (χ4v) is 5.94. The van der Waals surface area contributed by atoms with E-state index in [1.807, 2.05) is 16.7 Å². The zero-order valence-electron chi connectivity index (χ0n) is 20.8. The third-order valence-electron chi connectivity index (χ3n) is 7.61. The average Bonchev–Trinajstić information content (AvgIpc) is 2.90. The molecule has 1 fully saturated rings. The lowest BCUT2D eigenvalue weighted by atomic mass is 9.83. The highest BCUT2D eigenvalue weighted by Gasteiger charge is 2.35. The van der Waals surface area contributed by atoms with E-state index in [-0.39, 0.29) is 17.2 Å². The predicted molar refractivity (Wildman–Crippen MR) is 140 cm³/mol. The number of fused-ring (bicyclic) bond motifs is 5. The summed E-state index contributed by atoms with van der Waals surface area (Å²) >= 11 is 0. The maximum Gasteiger partial charge on any atom is 0.344 e. The minimum absolute atomic E-state index is 0.0550. The van der Waals surface area contributed by atoms with Gasteiger partial charge >= 0.3 is 5.63 Å². The van der Waals surface area contributed by atoms with Crippen molar-refractivity contribution in [1.82, 2.24) is 9.47 Å². The first-order valence-electron chi connectivity index (χ1n) is 12.4. The number of hydrogen-bond donors (Lipinski definition) is 1. The number of nitrogens with zero attached hydrogens (tertiary/aromatic N) is 2. The van der Waals surface area contributed by atoms with Gasteiger partial charge < -0.3 is 23.6 Å². The van der Waals surface area contributed by atoms with Gasteiger partial charge in [-0.15, -0.1) is 0 Å². The van der Waals surface area contributed by atoms with E-state index >= 15 is 0 Å². The van der Waals surface area contributed by atoms with E-state index in [1.165, 1.54) is 0 Å². The van der Waals surface area contributed by atoms with Crippen molar-refractivity contribution >= 4 is 11.0 Å². The molecule has 37 heavy (non-hydrogen) atoms. The monoisotopic (exact) mass is 500 g/mol. The number of aromatic hydroxyl groups is 1. The fraction of sp³-hybridized carbons (Fsp3) is 0.310. The SMILES string of the molecule is COc1ccc(-c2cc3ccc(O)c(CN4CC5CC(C4)c4cccc(=O)n4C5)c3oc2=O)cc1OC. The molecule has 1 N–H and O–H groups in total. The zero-order valence-corrected chi connectivity index (χ0v) is 20.8. The van der Waals surface area contributed by atoms with E-state index in [9.17, 15) is 14.7 Å². The number of likely N-dealkylation sites (tertiary alicyclic amines) is 1. The summed E-state index contributed by atoms with van der Waals surface area (Å²) < 4.78 is 18.4. The van der Waals surface area contributed by atoms with E-state index in [2.05, 4.69) is 4.90 Å². The van der Waals surface area contributed by atoms with Crippen molar-refractivity contribution in [2.45, 2.75) is 25.4 Å². The number of piperidine rings is 1. The molecule has 2 aliphatic rings. The summed E-state index contributed by atoms with van der Waals surface area (Å²) in [6.07, 6.45) is 1.05. The van der Waals surface area contributed by atoms with Crippen molar-refractivity contribution in [2.24, 2.45) is 5.92 Å². The molecular weight excluding hydrogens is 472 g/mol. The topological polar surface area (TPSA) is 94.1 Å². The number of phenols is 1. The van der Waals surface area contributed by atoms with Crippen LogP contribution in [0.4, 0.5) is 0 Å². The van der Waals surface area contributed by atoms with E-state index in [0.717, 1.165) is 30.6 Å². The molecule has 2 bridgehead atoms. The van der Waals surface area contributed by atoms with E-state index in [1.54, 1.807) is 56.7 Å². The second-order valence-corrected chi connectivity index (χ2v) is 9.89. The van der Waals surface area contributed by atoms with Gasteiger partial charge in [-0.3, -0.25) is 9.69 Å². The van der Waals surface area contributed by atoms with Crippen LogP contribution in [0.3, 0.4) is 0 Å². The molecule has 2 aliphatic heterocycles. The Morgan fingerprint density at radius 1 is 0.973 bits per heavy atom. The second-order valence-electron chi connectivity index (χ2n) is 9.89. The lowest BCUT2D eigenvalue weighted by Gasteiger charge is -2.42. The lowest BCUT2D eigenvalue weighted by Crippen LogP contribution is -2.46. The van der Waals surface area contributed by atoms with Gasteiger partial charge in [-0.05, 0) is 54.3 Å². The summed E-state index contributed by atoms with van der Waals surface area (Å²) in [4.78, 5) is 27.7. The molecule has 2 aromatic heterocycles. The molecule has 0 saturated carbocycles. The highest BCUT2D eigenvalue weighted by atomic mass is 16.5. The minimum Gasteiger partial charge on any atom is -0.507 e. The smallest absolute Gasteiger partial charge is 0.344 e. The van der Waals surface area contributed by atoms with Gasteiger partial charge in [-0.2, -0.15) is 0 Å². The fourth-order valence-electron chi connectivity index (χ4n) is 5.94. The van der Waals surface area contributed by atoms with Gasteiger partial charge in [0.15, 0.2) is 11.5 Å². The molecule has 2 unspecified atom stereocenters. The number of ether oxygens (including phenoxy) is 2. The molecule has 190 valence electrons. The van der Waals surface area contributed by atoms with Crippen molar-refractivity contribution in [2.75, 3.05) is 27.3 Å². The lowest BCUT2D eigenvalue weighted by molar-refractivity contribution is 0.113. The van der Waals surface area contributed by atoms with Crippen molar-refractivity contribution in [3.63, 3.8) is 0 Å². The number of phenolic OH excluding ortho intramolecular Hbond substituents is 1. The summed E-state index contributed by atoms with van der Waals surface area (Å²) in [5.41, 5.74) is 2.68. The number of rotatable bonds is 5. The van der Waals surface area contributed by atoms with E-state index in [4.69, 9.17) is 13.9 Å². The van der Waals surface area contributed by atoms with Crippen LogP contribution >= 0.6 is 0 Å². The Kier molecular flexibility index (Phi) is 5.76. The first-order chi connectivity index (χ1) is 17.9. The van der Waals surface area contributed by atoms with Crippen molar-refractivity contribution in [1.29, 1.82) is 0 Å². The van der Waals surface area contributed by atoms with Crippen LogP contribution in [-0.4, -0.2) is 41.9 Å². The van der Waals surface area contributed by atoms with Gasteiger partial charge in [0, 0.05) is 49.2 Å². The number of benzene rings is 2. The quantitative estimate of drug-likeness (QED) is 0.415. The third kappa shape index (κ3) is 4.07. The van der Waals surface area contributed by atoms with Gasteiger partial charge in [0.05, 0.1) is 25.3 Å². The van der Waals surface area contributed by atoms with Gasteiger partial charge in [0.25, 0.3) is 5.56 Å². The maximum absolute atomic E-state index is 13.1. The predicted octanol–water partition coefficient (Wildman–Crippen LogP) is 3.96. The Morgan fingerprint density at radius 2 is 1.81 bits per heavy atom. The largest absolute Gasteiger partial charge is 0.507 e. The summed E-state index contributed by atoms with van der Waals surface area (Å²) in [5.74, 6) is 1.80. The Balaban J connectivity index is 1.34. The van der Waals surface area contributed by atoms with Crippen LogP contribution in [0, 0.1) is 5.92 Å². The minimum atomic E-state index is -0.490. The molecule has 0 radical (unpaired) electrons. The normalized spacial score (nSPS) is 19.0. The van der Waals surface area contributed by atoms with Crippen LogP contribution in [0.1, 0.15) is 23.6 Å². The van der Waals surface area contributed by atoms with E-state index < -0.39 is 5.63 Å². The molecule has 0 spiro atoms. The first kappa shape index (κ1) is 23.4. The Hall–Kier alpha value is -4.04. The molecule has 4 aromatic rings. The number of hydrogen-bond acceptors (Lipinski definition) is 7. The van der Waals surface area contributed by atoms with Crippen molar-refractivity contribution < 1.29 is 19.0 Å². The molecule has 1 saturated heterocycles. The van der Waals surface area contributed by atoms with Gasteiger partial charge in [0.1, 0.15) is 11.3 Å². The first-order valence-corrected chi connectivity index (χ1v) is 12.4.